The molecule has 1 N–H and O–H groups in total. The Morgan fingerprint density at radius 2 is 1.97 bits per heavy atom. The summed E-state index contributed by atoms with van der Waals surface area (Å²) in [5.74, 6) is 2.56. The highest BCUT2D eigenvalue weighted by molar-refractivity contribution is 14.0. The number of nitrogens with zero attached hydrogens (tertiary/aromatic N) is 6. The van der Waals surface area contributed by atoms with Gasteiger partial charge in [-0.2, -0.15) is 10.1 Å². The van der Waals surface area contributed by atoms with Crippen LogP contribution in [0.2, 0.25) is 0 Å². The molecule has 0 bridgehead atoms. The lowest BCUT2D eigenvalue weighted by Crippen LogP contribution is -2.39. The first-order valence-electron chi connectivity index (χ1n) is 10.8. The maximum Gasteiger partial charge on any atom is 0.257 e. The molecule has 0 saturated heterocycles. The van der Waals surface area contributed by atoms with Crippen LogP contribution in [0.1, 0.15) is 49.3 Å². The van der Waals surface area contributed by atoms with Gasteiger partial charge in [0.05, 0.1) is 5.69 Å². The molecule has 9 heteroatoms. The summed E-state index contributed by atoms with van der Waals surface area (Å²) in [5.41, 5.74) is 4.54. The third-order valence-electron chi connectivity index (χ3n) is 5.15. The molecule has 3 rings (SSSR count). The van der Waals surface area contributed by atoms with Gasteiger partial charge in [-0.05, 0) is 30.0 Å². The molecule has 0 aliphatic rings. The molecule has 0 unspecified atom stereocenters. The van der Waals surface area contributed by atoms with Crippen molar-refractivity contribution in [1.82, 2.24) is 30.1 Å². The quantitative estimate of drug-likeness (QED) is 0.259. The van der Waals surface area contributed by atoms with Gasteiger partial charge in [-0.25, -0.2) is 0 Å². The number of hydrogen-bond donors (Lipinski definition) is 1. The highest BCUT2D eigenvalue weighted by Gasteiger charge is 2.15. The lowest BCUT2D eigenvalue weighted by Gasteiger charge is -2.22. The second kappa shape index (κ2) is 12.0. The molecule has 174 valence electrons. The van der Waals surface area contributed by atoms with Crippen LogP contribution in [0.3, 0.4) is 0 Å². The SMILES string of the molecule is CCc1noc(-c2ccc(CCNC(=NC)N(C)Cc3cn(C)nc3C(C)C)cc2)n1.I. The van der Waals surface area contributed by atoms with E-state index in [-0.39, 0.29) is 24.0 Å². The molecular weight excluding hydrogens is 517 g/mol. The average Bonchev–Trinajstić information content (AvgIpc) is 3.38. The van der Waals surface area contributed by atoms with E-state index in [4.69, 9.17) is 4.52 Å². The normalized spacial score (nSPS) is 11.5. The molecule has 0 aliphatic heterocycles. The van der Waals surface area contributed by atoms with Gasteiger partial charge < -0.3 is 14.7 Å². The Balaban J connectivity index is 0.00000363. The predicted molar refractivity (Wildman–Crippen MR) is 138 cm³/mol. The smallest absolute Gasteiger partial charge is 0.257 e. The van der Waals surface area contributed by atoms with E-state index in [1.807, 2.05) is 37.8 Å². The largest absolute Gasteiger partial charge is 0.356 e. The fraction of sp³-hybridized carbons (Fsp3) is 0.478. The van der Waals surface area contributed by atoms with E-state index in [1.165, 1.54) is 11.1 Å². The van der Waals surface area contributed by atoms with E-state index in [0.717, 1.165) is 49.0 Å². The number of aliphatic imine (C=N–C) groups is 1. The number of hydrogen-bond acceptors (Lipinski definition) is 5. The topological polar surface area (TPSA) is 84.4 Å². The summed E-state index contributed by atoms with van der Waals surface area (Å²) >= 11 is 0. The van der Waals surface area contributed by atoms with Crippen molar-refractivity contribution >= 4 is 29.9 Å². The van der Waals surface area contributed by atoms with Crippen LogP contribution in [0.5, 0.6) is 0 Å². The first-order chi connectivity index (χ1) is 14.9. The number of aromatic nitrogens is 4. The molecule has 2 aromatic heterocycles. The van der Waals surface area contributed by atoms with Crippen LogP contribution in [0, 0.1) is 0 Å². The second-order valence-electron chi connectivity index (χ2n) is 8.01. The van der Waals surface area contributed by atoms with Gasteiger partial charge >= 0.3 is 0 Å². The molecule has 8 nitrogen and oxygen atoms in total. The molecule has 0 amide bonds. The standard InChI is InChI=1S/C23H33N7O.HI/c1-7-20-26-22(31-28-20)18-10-8-17(9-11-18)12-13-25-23(24-4)29(5)14-19-15-30(6)27-21(19)16(2)3;/h8-11,15-16H,7,12-14H2,1-6H3,(H,24,25);1H. The van der Waals surface area contributed by atoms with Crippen LogP contribution < -0.4 is 5.32 Å². The number of guanidine groups is 1. The fourth-order valence-electron chi connectivity index (χ4n) is 3.53. The molecule has 0 aliphatic carbocycles. The number of nitrogens with one attached hydrogen (secondary N) is 1. The van der Waals surface area contributed by atoms with Crippen LogP contribution in [0.4, 0.5) is 0 Å². The summed E-state index contributed by atoms with van der Waals surface area (Å²) in [6.45, 7) is 7.91. The summed E-state index contributed by atoms with van der Waals surface area (Å²) in [5, 5.41) is 12.0. The van der Waals surface area contributed by atoms with Crippen molar-refractivity contribution in [3.8, 4) is 11.5 Å². The molecule has 1 aromatic carbocycles. The van der Waals surface area contributed by atoms with E-state index >= 15 is 0 Å². The summed E-state index contributed by atoms with van der Waals surface area (Å²) < 4.78 is 7.19. The highest BCUT2D eigenvalue weighted by atomic mass is 127. The molecule has 2 heterocycles. The number of halogens is 1. The van der Waals surface area contributed by atoms with Gasteiger partial charge in [-0.15, -0.1) is 24.0 Å². The molecule has 0 spiro atoms. The van der Waals surface area contributed by atoms with E-state index < -0.39 is 0 Å². The zero-order valence-electron chi connectivity index (χ0n) is 19.8. The summed E-state index contributed by atoms with van der Waals surface area (Å²) in [7, 11) is 5.83. The minimum absolute atomic E-state index is 0. The minimum Gasteiger partial charge on any atom is -0.356 e. The molecule has 0 atom stereocenters. The Bertz CT molecular complexity index is 1010. The lowest BCUT2D eigenvalue weighted by molar-refractivity contribution is 0.423. The number of rotatable bonds is 8. The molecule has 32 heavy (non-hydrogen) atoms. The van der Waals surface area contributed by atoms with Crippen molar-refractivity contribution in [3.63, 3.8) is 0 Å². The Hall–Kier alpha value is -2.43. The van der Waals surface area contributed by atoms with Crippen molar-refractivity contribution in [2.45, 2.75) is 46.1 Å². The Labute approximate surface area is 207 Å². The van der Waals surface area contributed by atoms with E-state index in [2.05, 4.69) is 69.7 Å². The minimum atomic E-state index is 0. The summed E-state index contributed by atoms with van der Waals surface area (Å²) in [4.78, 5) is 10.9. The Morgan fingerprint density at radius 3 is 2.56 bits per heavy atom. The maximum atomic E-state index is 5.31. The molecule has 0 fully saturated rings. The van der Waals surface area contributed by atoms with E-state index in [9.17, 15) is 0 Å². The van der Waals surface area contributed by atoms with Crippen LogP contribution in [0.15, 0.2) is 40.0 Å². The summed E-state index contributed by atoms with van der Waals surface area (Å²) in [6.07, 6.45) is 3.75. The molecule has 3 aromatic rings. The average molecular weight is 551 g/mol. The van der Waals surface area contributed by atoms with Crippen molar-refractivity contribution < 1.29 is 4.52 Å². The molecule has 0 saturated carbocycles. The molecule has 0 radical (unpaired) electrons. The van der Waals surface area contributed by atoms with Crippen LogP contribution in [-0.4, -0.2) is 51.4 Å². The van der Waals surface area contributed by atoms with Crippen molar-refractivity contribution in [3.05, 3.63) is 53.1 Å². The van der Waals surface area contributed by atoms with Gasteiger partial charge in [0.2, 0.25) is 0 Å². The van der Waals surface area contributed by atoms with Gasteiger partial charge in [0, 0.05) is 58.0 Å². The fourth-order valence-corrected chi connectivity index (χ4v) is 3.53. The zero-order valence-corrected chi connectivity index (χ0v) is 22.1. The highest BCUT2D eigenvalue weighted by Crippen LogP contribution is 2.19. The maximum absolute atomic E-state index is 5.31. The van der Waals surface area contributed by atoms with Crippen LogP contribution >= 0.6 is 24.0 Å². The van der Waals surface area contributed by atoms with Gasteiger partial charge in [0.15, 0.2) is 11.8 Å². The van der Waals surface area contributed by atoms with Crippen molar-refractivity contribution in [1.29, 1.82) is 0 Å². The van der Waals surface area contributed by atoms with Crippen LogP contribution in [-0.2, 0) is 26.4 Å². The first kappa shape index (κ1) is 25.8. The van der Waals surface area contributed by atoms with Crippen molar-refractivity contribution in [2.24, 2.45) is 12.0 Å². The summed E-state index contributed by atoms with van der Waals surface area (Å²) in [6, 6.07) is 8.26. The number of benzene rings is 1. The second-order valence-corrected chi connectivity index (χ2v) is 8.01. The third-order valence-corrected chi connectivity index (χ3v) is 5.15. The first-order valence-corrected chi connectivity index (χ1v) is 10.8. The lowest BCUT2D eigenvalue weighted by atomic mass is 10.1. The van der Waals surface area contributed by atoms with E-state index in [1.54, 1.807) is 0 Å². The Kier molecular flexibility index (Phi) is 9.67. The number of aryl methyl sites for hydroxylation is 2. The van der Waals surface area contributed by atoms with Gasteiger partial charge in [-0.3, -0.25) is 9.67 Å². The Morgan fingerprint density at radius 1 is 1.25 bits per heavy atom. The van der Waals surface area contributed by atoms with E-state index in [0.29, 0.717) is 11.8 Å². The van der Waals surface area contributed by atoms with Gasteiger partial charge in [0.25, 0.3) is 5.89 Å². The molecular formula is C23H34IN7O. The third kappa shape index (κ3) is 6.54. The van der Waals surface area contributed by atoms with Crippen LogP contribution in [0.25, 0.3) is 11.5 Å². The van der Waals surface area contributed by atoms with Gasteiger partial charge in [0.1, 0.15) is 0 Å². The predicted octanol–water partition coefficient (Wildman–Crippen LogP) is 4.02. The monoisotopic (exact) mass is 551 g/mol. The van der Waals surface area contributed by atoms with Crippen molar-refractivity contribution in [2.75, 3.05) is 20.6 Å². The zero-order chi connectivity index (χ0) is 22.4. The van der Waals surface area contributed by atoms with Gasteiger partial charge in [-0.1, -0.05) is 38.1 Å².